The van der Waals surface area contributed by atoms with Crippen molar-refractivity contribution in [3.8, 4) is 6.07 Å². The number of rotatable bonds is 7. The van der Waals surface area contributed by atoms with E-state index in [0.717, 1.165) is 45.1 Å². The van der Waals surface area contributed by atoms with Gasteiger partial charge in [0.2, 0.25) is 0 Å². The summed E-state index contributed by atoms with van der Waals surface area (Å²) in [6.07, 6.45) is 11.4. The first kappa shape index (κ1) is 18.6. The molecular weight excluding hydrogens is 308 g/mol. The first-order valence-corrected chi connectivity index (χ1v) is 8.74. The lowest BCUT2D eigenvalue weighted by molar-refractivity contribution is 0.0198. The number of hydrogen-bond acceptors (Lipinski definition) is 2. The second-order valence-corrected chi connectivity index (χ2v) is 6.46. The van der Waals surface area contributed by atoms with Crippen molar-refractivity contribution in [3.05, 3.63) is 47.0 Å². The van der Waals surface area contributed by atoms with E-state index in [9.17, 15) is 8.78 Å². The molecule has 0 unspecified atom stereocenters. The minimum Gasteiger partial charge on any atom is -0.378 e. The van der Waals surface area contributed by atoms with Gasteiger partial charge in [0.1, 0.15) is 23.3 Å². The van der Waals surface area contributed by atoms with Crippen LogP contribution in [0.3, 0.4) is 0 Å². The Balaban J connectivity index is 1.74. The Morgan fingerprint density at radius 2 is 1.88 bits per heavy atom. The lowest BCUT2D eigenvalue weighted by atomic mass is 9.83. The Hall–Kier alpha value is -1.73. The Bertz CT molecular complexity index is 575. The highest BCUT2D eigenvalue weighted by molar-refractivity contribution is 5.35. The highest BCUT2D eigenvalue weighted by Crippen LogP contribution is 2.30. The molecule has 0 bridgehead atoms. The predicted molar refractivity (Wildman–Crippen MR) is 90.5 cm³/mol. The Labute approximate surface area is 143 Å². The molecule has 1 aliphatic rings. The molecular formula is C20H25F2NO. The van der Waals surface area contributed by atoms with E-state index in [4.69, 9.17) is 10.00 Å². The standard InChI is InChI=1S/C20H25F2NO/c1-2-3-4-11-24-17-9-7-15(8-10-17)5-6-16-12-19(21)18(14-23)20(22)13-16/h2-3,12-13,15,17H,4-11H2,1H3/b3-2+. The molecule has 130 valence electrons. The van der Waals surface area contributed by atoms with Gasteiger partial charge in [-0.3, -0.25) is 0 Å². The number of hydrogen-bond donors (Lipinski definition) is 0. The first-order chi connectivity index (χ1) is 11.6. The molecule has 2 nitrogen and oxygen atoms in total. The van der Waals surface area contributed by atoms with Crippen molar-refractivity contribution in [2.45, 2.75) is 58.0 Å². The van der Waals surface area contributed by atoms with E-state index in [1.807, 2.05) is 13.0 Å². The summed E-state index contributed by atoms with van der Waals surface area (Å²) >= 11 is 0. The molecule has 1 aromatic carbocycles. The van der Waals surface area contributed by atoms with Crippen LogP contribution in [-0.2, 0) is 11.2 Å². The molecule has 0 aliphatic heterocycles. The van der Waals surface area contributed by atoms with E-state index >= 15 is 0 Å². The van der Waals surface area contributed by atoms with Crippen LogP contribution in [0.5, 0.6) is 0 Å². The molecule has 0 N–H and O–H groups in total. The van der Waals surface area contributed by atoms with Crippen LogP contribution in [0, 0.1) is 28.9 Å². The van der Waals surface area contributed by atoms with Crippen LogP contribution in [-0.4, -0.2) is 12.7 Å². The smallest absolute Gasteiger partial charge is 0.144 e. The molecule has 4 heteroatoms. The summed E-state index contributed by atoms with van der Waals surface area (Å²) in [4.78, 5) is 0. The van der Waals surface area contributed by atoms with Gasteiger partial charge in [0.25, 0.3) is 0 Å². The summed E-state index contributed by atoms with van der Waals surface area (Å²) in [6, 6.07) is 4.14. The molecule has 0 spiro atoms. The van der Waals surface area contributed by atoms with Crippen LogP contribution >= 0.6 is 0 Å². The van der Waals surface area contributed by atoms with Gasteiger partial charge in [0.05, 0.1) is 12.7 Å². The highest BCUT2D eigenvalue weighted by atomic mass is 19.1. The van der Waals surface area contributed by atoms with Gasteiger partial charge in [0, 0.05) is 0 Å². The third kappa shape index (κ3) is 5.42. The normalized spacial score (nSPS) is 21.1. The van der Waals surface area contributed by atoms with Gasteiger partial charge in [-0.15, -0.1) is 0 Å². The molecule has 0 radical (unpaired) electrons. The zero-order valence-electron chi connectivity index (χ0n) is 14.2. The minimum atomic E-state index is -0.759. The molecule has 1 fully saturated rings. The summed E-state index contributed by atoms with van der Waals surface area (Å²) < 4.78 is 33.1. The number of allylic oxidation sites excluding steroid dienone is 1. The molecule has 24 heavy (non-hydrogen) atoms. The van der Waals surface area contributed by atoms with Crippen molar-refractivity contribution in [1.82, 2.24) is 0 Å². The molecule has 1 aliphatic carbocycles. The number of aryl methyl sites for hydroxylation is 1. The molecule has 0 saturated heterocycles. The Morgan fingerprint density at radius 1 is 1.21 bits per heavy atom. The van der Waals surface area contributed by atoms with E-state index in [1.165, 1.54) is 12.1 Å². The lowest BCUT2D eigenvalue weighted by Crippen LogP contribution is -2.22. The maximum absolute atomic E-state index is 13.6. The number of ether oxygens (including phenoxy) is 1. The van der Waals surface area contributed by atoms with Crippen molar-refractivity contribution in [3.63, 3.8) is 0 Å². The monoisotopic (exact) mass is 333 g/mol. The van der Waals surface area contributed by atoms with Crippen molar-refractivity contribution >= 4 is 0 Å². The third-order valence-corrected chi connectivity index (χ3v) is 4.72. The van der Waals surface area contributed by atoms with Crippen molar-refractivity contribution < 1.29 is 13.5 Å². The summed E-state index contributed by atoms with van der Waals surface area (Å²) in [5.41, 5.74) is 0.142. The summed E-state index contributed by atoms with van der Waals surface area (Å²) in [5.74, 6) is -0.932. The zero-order chi connectivity index (χ0) is 17.4. The summed E-state index contributed by atoms with van der Waals surface area (Å²) in [5, 5.41) is 8.69. The maximum atomic E-state index is 13.6. The molecule has 0 amide bonds. The number of nitriles is 1. The molecule has 0 heterocycles. The highest BCUT2D eigenvalue weighted by Gasteiger charge is 2.21. The van der Waals surface area contributed by atoms with Crippen molar-refractivity contribution in [2.24, 2.45) is 5.92 Å². The lowest BCUT2D eigenvalue weighted by Gasteiger charge is -2.28. The topological polar surface area (TPSA) is 33.0 Å². The van der Waals surface area contributed by atoms with E-state index in [0.29, 0.717) is 24.0 Å². The van der Waals surface area contributed by atoms with Gasteiger partial charge < -0.3 is 4.74 Å². The first-order valence-electron chi connectivity index (χ1n) is 8.74. The summed E-state index contributed by atoms with van der Waals surface area (Å²) in [7, 11) is 0. The van der Waals surface area contributed by atoms with Crippen LogP contribution in [0.4, 0.5) is 8.78 Å². The zero-order valence-corrected chi connectivity index (χ0v) is 14.2. The number of benzene rings is 1. The van der Waals surface area contributed by atoms with Gasteiger partial charge in [0.15, 0.2) is 0 Å². The SMILES string of the molecule is C/C=C/CCOC1CCC(CCc2cc(F)c(C#N)c(F)c2)CC1. The van der Waals surface area contributed by atoms with Gasteiger partial charge >= 0.3 is 0 Å². The fraction of sp³-hybridized carbons (Fsp3) is 0.550. The van der Waals surface area contributed by atoms with E-state index in [2.05, 4.69) is 6.08 Å². The van der Waals surface area contributed by atoms with Crippen LogP contribution in [0.2, 0.25) is 0 Å². The quantitative estimate of drug-likeness (QED) is 0.500. The molecule has 2 rings (SSSR count). The van der Waals surface area contributed by atoms with Crippen LogP contribution in [0.15, 0.2) is 24.3 Å². The maximum Gasteiger partial charge on any atom is 0.144 e. The second-order valence-electron chi connectivity index (χ2n) is 6.46. The van der Waals surface area contributed by atoms with Crippen molar-refractivity contribution in [1.29, 1.82) is 5.26 Å². The van der Waals surface area contributed by atoms with Gasteiger partial charge in [-0.25, -0.2) is 8.78 Å². The molecule has 1 aromatic rings. The van der Waals surface area contributed by atoms with Gasteiger partial charge in [-0.1, -0.05) is 12.2 Å². The predicted octanol–water partition coefficient (Wildman–Crippen LogP) is 5.31. The second kappa shape index (κ2) is 9.54. The van der Waals surface area contributed by atoms with E-state index < -0.39 is 17.2 Å². The Kier molecular flexibility index (Phi) is 7.39. The summed E-state index contributed by atoms with van der Waals surface area (Å²) in [6.45, 7) is 2.79. The number of nitrogens with zero attached hydrogens (tertiary/aromatic N) is 1. The molecule has 0 aromatic heterocycles. The van der Waals surface area contributed by atoms with Gasteiger partial charge in [-0.05, 0) is 75.5 Å². The Morgan fingerprint density at radius 3 is 2.46 bits per heavy atom. The largest absolute Gasteiger partial charge is 0.378 e. The van der Waals surface area contributed by atoms with E-state index in [-0.39, 0.29) is 0 Å². The average Bonchev–Trinajstić information content (AvgIpc) is 2.58. The van der Waals surface area contributed by atoms with Gasteiger partial charge in [-0.2, -0.15) is 5.26 Å². The third-order valence-electron chi connectivity index (χ3n) is 4.72. The van der Waals surface area contributed by atoms with Crippen LogP contribution in [0.25, 0.3) is 0 Å². The molecule has 1 saturated carbocycles. The number of halogens is 2. The van der Waals surface area contributed by atoms with Crippen LogP contribution < -0.4 is 0 Å². The average molecular weight is 333 g/mol. The van der Waals surface area contributed by atoms with Crippen molar-refractivity contribution in [2.75, 3.05) is 6.61 Å². The fourth-order valence-electron chi connectivity index (χ4n) is 3.30. The molecule has 0 atom stereocenters. The van der Waals surface area contributed by atoms with Crippen LogP contribution in [0.1, 0.15) is 56.6 Å². The fourth-order valence-corrected chi connectivity index (χ4v) is 3.30. The minimum absolute atomic E-state index is 0.358. The van der Waals surface area contributed by atoms with E-state index in [1.54, 1.807) is 6.07 Å².